The van der Waals surface area contributed by atoms with Crippen LogP contribution in [0.4, 0.5) is 0 Å². The second-order valence-corrected chi connectivity index (χ2v) is 7.48. The lowest BCUT2D eigenvalue weighted by Crippen LogP contribution is -2.42. The van der Waals surface area contributed by atoms with E-state index >= 15 is 0 Å². The van der Waals surface area contributed by atoms with Crippen molar-refractivity contribution in [1.82, 2.24) is 4.72 Å². The van der Waals surface area contributed by atoms with Gasteiger partial charge in [0.2, 0.25) is 10.0 Å². The van der Waals surface area contributed by atoms with E-state index in [1.54, 1.807) is 25.3 Å². The highest BCUT2D eigenvalue weighted by Crippen LogP contribution is 2.22. The Bertz CT molecular complexity index is 542. The molecule has 0 amide bonds. The van der Waals surface area contributed by atoms with Gasteiger partial charge in [0.1, 0.15) is 5.75 Å². The molecule has 0 heterocycles. The minimum absolute atomic E-state index is 0.0811. The predicted molar refractivity (Wildman–Crippen MR) is 81.5 cm³/mol. The number of ether oxygens (including phenoxy) is 1. The molecule has 0 bridgehead atoms. The van der Waals surface area contributed by atoms with Crippen molar-refractivity contribution in [3.05, 3.63) is 23.8 Å². The first-order valence-electron chi connectivity index (χ1n) is 6.86. The maximum absolute atomic E-state index is 12.5. The summed E-state index contributed by atoms with van der Waals surface area (Å²) in [7, 11) is -1.93. The Morgan fingerprint density at radius 1 is 1.10 bits per heavy atom. The third-order valence-electron chi connectivity index (χ3n) is 3.40. The van der Waals surface area contributed by atoms with Gasteiger partial charge in [-0.05, 0) is 42.5 Å². The minimum atomic E-state index is -3.50. The SMILES string of the molecule is COc1ccc(S(=O)(=O)NC(C(C)C)C(C)C)cc1C. The molecule has 5 heteroatoms. The number of nitrogens with one attached hydrogen (secondary N) is 1. The van der Waals surface area contributed by atoms with E-state index in [0.717, 1.165) is 5.56 Å². The second kappa shape index (κ2) is 6.59. The highest BCUT2D eigenvalue weighted by Gasteiger charge is 2.25. The topological polar surface area (TPSA) is 55.4 Å². The molecule has 0 aliphatic heterocycles. The lowest BCUT2D eigenvalue weighted by Gasteiger charge is -2.26. The van der Waals surface area contributed by atoms with Gasteiger partial charge in [-0.2, -0.15) is 0 Å². The highest BCUT2D eigenvalue weighted by atomic mass is 32.2. The van der Waals surface area contributed by atoms with Crippen LogP contribution in [0, 0.1) is 18.8 Å². The summed E-state index contributed by atoms with van der Waals surface area (Å²) < 4.78 is 32.9. The summed E-state index contributed by atoms with van der Waals surface area (Å²) in [6.07, 6.45) is 0. The first-order chi connectivity index (χ1) is 9.19. The second-order valence-electron chi connectivity index (χ2n) is 5.77. The molecule has 0 saturated carbocycles. The van der Waals surface area contributed by atoms with Crippen LogP contribution in [0.1, 0.15) is 33.3 Å². The number of hydrogen-bond donors (Lipinski definition) is 1. The Hall–Kier alpha value is -1.07. The Labute approximate surface area is 122 Å². The molecule has 0 radical (unpaired) electrons. The Balaban J connectivity index is 3.07. The fourth-order valence-corrected chi connectivity index (χ4v) is 3.93. The van der Waals surface area contributed by atoms with Gasteiger partial charge in [-0.25, -0.2) is 13.1 Å². The molecule has 4 nitrogen and oxygen atoms in total. The van der Waals surface area contributed by atoms with Crippen LogP contribution in [0.25, 0.3) is 0 Å². The Morgan fingerprint density at radius 2 is 1.65 bits per heavy atom. The van der Waals surface area contributed by atoms with Gasteiger partial charge in [0.25, 0.3) is 0 Å². The van der Waals surface area contributed by atoms with Crippen molar-refractivity contribution in [2.75, 3.05) is 7.11 Å². The summed E-state index contributed by atoms with van der Waals surface area (Å²) >= 11 is 0. The molecule has 0 saturated heterocycles. The molecule has 0 unspecified atom stereocenters. The highest BCUT2D eigenvalue weighted by molar-refractivity contribution is 7.89. The molecule has 0 aliphatic carbocycles. The molecule has 0 aliphatic rings. The van der Waals surface area contributed by atoms with Crippen molar-refractivity contribution >= 4 is 10.0 Å². The quantitative estimate of drug-likeness (QED) is 0.878. The van der Waals surface area contributed by atoms with E-state index in [1.807, 2.05) is 34.6 Å². The molecule has 0 spiro atoms. The monoisotopic (exact) mass is 299 g/mol. The number of hydrogen-bond acceptors (Lipinski definition) is 3. The number of benzene rings is 1. The predicted octanol–water partition coefficient (Wildman–Crippen LogP) is 2.96. The third kappa shape index (κ3) is 3.96. The Kier molecular flexibility index (Phi) is 5.59. The molecule has 0 aromatic heterocycles. The lowest BCUT2D eigenvalue weighted by molar-refractivity contribution is 0.355. The van der Waals surface area contributed by atoms with Gasteiger partial charge in [0.05, 0.1) is 12.0 Å². The average Bonchev–Trinajstić information content (AvgIpc) is 2.35. The summed E-state index contributed by atoms with van der Waals surface area (Å²) in [5, 5.41) is 0. The molecule has 1 N–H and O–H groups in total. The normalized spacial score (nSPS) is 12.4. The van der Waals surface area contributed by atoms with Gasteiger partial charge in [-0.3, -0.25) is 0 Å². The smallest absolute Gasteiger partial charge is 0.240 e. The summed E-state index contributed by atoms with van der Waals surface area (Å²) in [4.78, 5) is 0.280. The molecule has 1 aromatic rings. The number of methoxy groups -OCH3 is 1. The maximum atomic E-state index is 12.5. The fourth-order valence-electron chi connectivity index (χ4n) is 2.31. The number of sulfonamides is 1. The van der Waals surface area contributed by atoms with Crippen LogP contribution >= 0.6 is 0 Å². The van der Waals surface area contributed by atoms with Crippen LogP contribution < -0.4 is 9.46 Å². The van der Waals surface area contributed by atoms with Gasteiger partial charge in [0, 0.05) is 6.04 Å². The van der Waals surface area contributed by atoms with Crippen molar-refractivity contribution < 1.29 is 13.2 Å². The molecule has 0 fully saturated rings. The van der Waals surface area contributed by atoms with Crippen molar-refractivity contribution in [2.45, 2.75) is 45.6 Å². The van der Waals surface area contributed by atoms with E-state index in [9.17, 15) is 8.42 Å². The molecule has 1 aromatic carbocycles. The molecular weight excluding hydrogens is 274 g/mol. The zero-order valence-corrected chi connectivity index (χ0v) is 13.9. The first-order valence-corrected chi connectivity index (χ1v) is 8.34. The Morgan fingerprint density at radius 3 is 2.05 bits per heavy atom. The molecule has 1 rings (SSSR count). The van der Waals surface area contributed by atoms with Gasteiger partial charge in [-0.1, -0.05) is 27.7 Å². The van der Waals surface area contributed by atoms with Crippen LogP contribution in [0.2, 0.25) is 0 Å². The first kappa shape index (κ1) is 17.0. The van der Waals surface area contributed by atoms with E-state index < -0.39 is 10.0 Å². The zero-order chi connectivity index (χ0) is 15.5. The molecular formula is C15H25NO3S. The fraction of sp³-hybridized carbons (Fsp3) is 0.600. The summed E-state index contributed by atoms with van der Waals surface area (Å²) in [5.41, 5.74) is 0.806. The lowest BCUT2D eigenvalue weighted by atomic mass is 9.94. The molecule has 114 valence electrons. The van der Waals surface area contributed by atoms with Crippen LogP contribution in [0.3, 0.4) is 0 Å². The van der Waals surface area contributed by atoms with E-state index in [2.05, 4.69) is 4.72 Å². The molecule has 0 atom stereocenters. The van der Waals surface area contributed by atoms with Crippen molar-refractivity contribution in [2.24, 2.45) is 11.8 Å². The number of rotatable bonds is 6. The summed E-state index contributed by atoms with van der Waals surface area (Å²) in [6.45, 7) is 9.91. The van der Waals surface area contributed by atoms with E-state index in [4.69, 9.17) is 4.74 Å². The minimum Gasteiger partial charge on any atom is -0.496 e. The van der Waals surface area contributed by atoms with Crippen molar-refractivity contribution in [3.63, 3.8) is 0 Å². The maximum Gasteiger partial charge on any atom is 0.240 e. The summed E-state index contributed by atoms with van der Waals surface area (Å²) in [5.74, 6) is 1.17. The van der Waals surface area contributed by atoms with Crippen LogP contribution in [-0.2, 0) is 10.0 Å². The van der Waals surface area contributed by atoms with E-state index in [1.165, 1.54) is 0 Å². The average molecular weight is 299 g/mol. The van der Waals surface area contributed by atoms with Crippen molar-refractivity contribution in [3.8, 4) is 5.75 Å². The van der Waals surface area contributed by atoms with Gasteiger partial charge >= 0.3 is 0 Å². The third-order valence-corrected chi connectivity index (χ3v) is 4.86. The largest absolute Gasteiger partial charge is 0.496 e. The van der Waals surface area contributed by atoms with Crippen LogP contribution in [0.15, 0.2) is 23.1 Å². The van der Waals surface area contributed by atoms with Crippen molar-refractivity contribution in [1.29, 1.82) is 0 Å². The summed E-state index contributed by atoms with van der Waals surface area (Å²) in [6, 6.07) is 4.82. The van der Waals surface area contributed by atoms with Crippen LogP contribution in [-0.4, -0.2) is 21.6 Å². The standard InChI is InChI=1S/C15H25NO3S/c1-10(2)15(11(3)4)16-20(17,18)13-7-8-14(19-6)12(5)9-13/h7-11,15-16H,1-6H3. The number of aryl methyl sites for hydroxylation is 1. The van der Waals surface area contributed by atoms with Gasteiger partial charge < -0.3 is 4.74 Å². The van der Waals surface area contributed by atoms with Gasteiger partial charge in [-0.15, -0.1) is 0 Å². The van der Waals surface area contributed by atoms with Gasteiger partial charge in [0.15, 0.2) is 0 Å². The van der Waals surface area contributed by atoms with Crippen LogP contribution in [0.5, 0.6) is 5.75 Å². The zero-order valence-electron chi connectivity index (χ0n) is 13.1. The van der Waals surface area contributed by atoms with E-state index in [-0.39, 0.29) is 22.8 Å². The molecule has 20 heavy (non-hydrogen) atoms. The van der Waals surface area contributed by atoms with E-state index in [0.29, 0.717) is 5.75 Å².